The molecular weight excluding hydrogens is 350 g/mol. The Labute approximate surface area is 155 Å². The first-order chi connectivity index (χ1) is 12.9. The summed E-state index contributed by atoms with van der Waals surface area (Å²) in [5, 5.41) is 5.80. The Bertz CT molecular complexity index is 918. The number of hydrogen-bond acceptors (Lipinski definition) is 3. The highest BCUT2D eigenvalue weighted by atomic mass is 19.1. The molecule has 3 N–H and O–H groups in total. The second kappa shape index (κ2) is 8.09. The van der Waals surface area contributed by atoms with Crippen LogP contribution in [-0.4, -0.2) is 28.5 Å². The van der Waals surface area contributed by atoms with Gasteiger partial charge in [-0.1, -0.05) is 13.8 Å². The molecule has 0 saturated heterocycles. The average molecular weight is 370 g/mol. The summed E-state index contributed by atoms with van der Waals surface area (Å²) >= 11 is 0. The number of carbonyl (C=O) groups excluding carboxylic acids is 1. The first-order valence-electron chi connectivity index (χ1n) is 8.57. The summed E-state index contributed by atoms with van der Waals surface area (Å²) in [5.74, 6) is -0.150. The van der Waals surface area contributed by atoms with Gasteiger partial charge in [-0.05, 0) is 48.5 Å². The van der Waals surface area contributed by atoms with Gasteiger partial charge in [0.25, 0.3) is 0 Å². The maximum atomic E-state index is 13.3. The summed E-state index contributed by atoms with van der Waals surface area (Å²) in [4.78, 5) is 19.8. The molecule has 0 spiro atoms. The number of halogens is 2. The van der Waals surface area contributed by atoms with E-state index in [0.717, 1.165) is 0 Å². The van der Waals surface area contributed by atoms with E-state index in [-0.39, 0.29) is 30.1 Å². The molecule has 1 amide bonds. The fourth-order valence-electron chi connectivity index (χ4n) is 2.51. The Morgan fingerprint density at radius 3 is 2.11 bits per heavy atom. The number of rotatable bonds is 6. The number of benzene rings is 2. The summed E-state index contributed by atoms with van der Waals surface area (Å²) < 4.78 is 26.4. The molecule has 0 aliphatic carbocycles. The number of nitrogens with zero attached hydrogens (tertiary/aromatic N) is 1. The Kier molecular flexibility index (Phi) is 5.61. The predicted molar refractivity (Wildman–Crippen MR) is 101 cm³/mol. The van der Waals surface area contributed by atoms with E-state index < -0.39 is 0 Å². The van der Waals surface area contributed by atoms with Crippen molar-refractivity contribution in [3.63, 3.8) is 0 Å². The van der Waals surface area contributed by atoms with Crippen LogP contribution in [0.15, 0.2) is 48.5 Å². The zero-order valence-electron chi connectivity index (χ0n) is 15.0. The van der Waals surface area contributed by atoms with Crippen LogP contribution in [0.25, 0.3) is 22.6 Å². The van der Waals surface area contributed by atoms with Gasteiger partial charge in [0.15, 0.2) is 5.82 Å². The number of carbonyl (C=O) groups is 1. The van der Waals surface area contributed by atoms with Crippen LogP contribution in [0.3, 0.4) is 0 Å². The van der Waals surface area contributed by atoms with E-state index in [4.69, 9.17) is 0 Å². The molecule has 2 aromatic carbocycles. The second-order valence-electron chi connectivity index (χ2n) is 6.41. The standard InChI is InChI=1S/C20H20F2N4O/c1-12(2)23-11-17(27)24-20-18(13-3-7-15(21)8-4-13)25-19(26-20)14-5-9-16(22)10-6-14/h3-10,12,23H,11H2,1-2H3,(H,24,27)(H,25,26). The largest absolute Gasteiger partial charge is 0.336 e. The van der Waals surface area contributed by atoms with Crippen LogP contribution in [0.1, 0.15) is 13.8 Å². The lowest BCUT2D eigenvalue weighted by molar-refractivity contribution is -0.115. The third-order valence-electron chi connectivity index (χ3n) is 3.88. The van der Waals surface area contributed by atoms with Crippen LogP contribution >= 0.6 is 0 Å². The molecule has 3 rings (SSSR count). The lowest BCUT2D eigenvalue weighted by atomic mass is 10.1. The zero-order valence-corrected chi connectivity index (χ0v) is 15.0. The molecule has 0 radical (unpaired) electrons. The number of hydrogen-bond donors (Lipinski definition) is 3. The van der Waals surface area contributed by atoms with Crippen molar-refractivity contribution in [1.82, 2.24) is 15.3 Å². The molecule has 0 atom stereocenters. The van der Waals surface area contributed by atoms with E-state index in [2.05, 4.69) is 20.6 Å². The third-order valence-corrected chi connectivity index (χ3v) is 3.88. The third kappa shape index (κ3) is 4.77. The van der Waals surface area contributed by atoms with Gasteiger partial charge in [0.1, 0.15) is 17.5 Å². The van der Waals surface area contributed by atoms with E-state index in [0.29, 0.717) is 28.5 Å². The first-order valence-corrected chi connectivity index (χ1v) is 8.57. The number of nitrogens with one attached hydrogen (secondary N) is 3. The number of amides is 1. The van der Waals surface area contributed by atoms with Gasteiger partial charge in [-0.15, -0.1) is 0 Å². The highest BCUT2D eigenvalue weighted by molar-refractivity contribution is 5.95. The van der Waals surface area contributed by atoms with Crippen LogP contribution in [0, 0.1) is 11.6 Å². The van der Waals surface area contributed by atoms with Gasteiger partial charge in [-0.2, -0.15) is 0 Å². The molecule has 0 saturated carbocycles. The first kappa shape index (κ1) is 18.7. The molecule has 0 aliphatic rings. The van der Waals surface area contributed by atoms with Crippen LogP contribution in [0.4, 0.5) is 14.6 Å². The molecule has 0 unspecified atom stereocenters. The number of H-pyrrole nitrogens is 1. The van der Waals surface area contributed by atoms with Gasteiger partial charge in [0.2, 0.25) is 5.91 Å². The van der Waals surface area contributed by atoms with Gasteiger partial charge < -0.3 is 15.6 Å². The SMILES string of the molecule is CC(C)NCC(=O)Nc1nc(-c2ccc(F)cc2)[nH]c1-c1ccc(F)cc1. The lowest BCUT2D eigenvalue weighted by Gasteiger charge is -2.08. The lowest BCUT2D eigenvalue weighted by Crippen LogP contribution is -2.32. The summed E-state index contributed by atoms with van der Waals surface area (Å²) in [6.07, 6.45) is 0. The normalized spacial score (nSPS) is 11.0. The topological polar surface area (TPSA) is 69.8 Å². The van der Waals surface area contributed by atoms with Gasteiger partial charge in [-0.3, -0.25) is 4.79 Å². The van der Waals surface area contributed by atoms with Gasteiger partial charge in [-0.25, -0.2) is 13.8 Å². The van der Waals surface area contributed by atoms with Crippen LogP contribution in [0.2, 0.25) is 0 Å². The molecule has 3 aromatic rings. The van der Waals surface area contributed by atoms with Crippen molar-refractivity contribution in [2.75, 3.05) is 11.9 Å². The maximum absolute atomic E-state index is 13.3. The van der Waals surface area contributed by atoms with Crippen molar-refractivity contribution in [3.05, 3.63) is 60.2 Å². The summed E-state index contributed by atoms with van der Waals surface area (Å²) in [7, 11) is 0. The van der Waals surface area contributed by atoms with Gasteiger partial charge >= 0.3 is 0 Å². The van der Waals surface area contributed by atoms with Gasteiger partial charge in [0.05, 0.1) is 12.2 Å². The molecule has 5 nitrogen and oxygen atoms in total. The Morgan fingerprint density at radius 1 is 1.00 bits per heavy atom. The second-order valence-corrected chi connectivity index (χ2v) is 6.41. The van der Waals surface area contributed by atoms with Crippen molar-refractivity contribution in [3.8, 4) is 22.6 Å². The van der Waals surface area contributed by atoms with Crippen LogP contribution in [-0.2, 0) is 4.79 Å². The average Bonchev–Trinajstić information content (AvgIpc) is 3.05. The van der Waals surface area contributed by atoms with Crippen molar-refractivity contribution >= 4 is 11.7 Å². The summed E-state index contributed by atoms with van der Waals surface area (Å²) in [5.41, 5.74) is 1.89. The molecule has 27 heavy (non-hydrogen) atoms. The minimum atomic E-state index is -0.358. The Balaban J connectivity index is 1.94. The quantitative estimate of drug-likeness (QED) is 0.615. The zero-order chi connectivity index (χ0) is 19.4. The molecule has 0 bridgehead atoms. The van der Waals surface area contributed by atoms with Crippen LogP contribution in [0.5, 0.6) is 0 Å². The Hall–Kier alpha value is -3.06. The highest BCUT2D eigenvalue weighted by Gasteiger charge is 2.16. The van der Waals surface area contributed by atoms with Crippen molar-refractivity contribution in [2.24, 2.45) is 0 Å². The highest BCUT2D eigenvalue weighted by Crippen LogP contribution is 2.29. The maximum Gasteiger partial charge on any atom is 0.239 e. The molecule has 140 valence electrons. The van der Waals surface area contributed by atoms with Crippen molar-refractivity contribution < 1.29 is 13.6 Å². The molecule has 0 fully saturated rings. The molecule has 1 heterocycles. The van der Waals surface area contributed by atoms with E-state index >= 15 is 0 Å². The summed E-state index contributed by atoms with van der Waals surface area (Å²) in [6, 6.07) is 11.9. The Morgan fingerprint density at radius 2 is 1.56 bits per heavy atom. The molecule has 1 aromatic heterocycles. The fraction of sp³-hybridized carbons (Fsp3) is 0.200. The fourth-order valence-corrected chi connectivity index (χ4v) is 2.51. The van der Waals surface area contributed by atoms with E-state index in [1.54, 1.807) is 24.3 Å². The van der Waals surface area contributed by atoms with E-state index in [1.807, 2.05) is 13.8 Å². The predicted octanol–water partition coefficient (Wildman–Crippen LogP) is 3.96. The number of anilines is 1. The molecule has 0 aliphatic heterocycles. The van der Waals surface area contributed by atoms with Crippen molar-refractivity contribution in [2.45, 2.75) is 19.9 Å². The van der Waals surface area contributed by atoms with E-state index in [1.165, 1.54) is 24.3 Å². The number of aromatic nitrogens is 2. The monoisotopic (exact) mass is 370 g/mol. The van der Waals surface area contributed by atoms with Crippen LogP contribution < -0.4 is 10.6 Å². The minimum absolute atomic E-state index is 0.138. The van der Waals surface area contributed by atoms with E-state index in [9.17, 15) is 13.6 Å². The minimum Gasteiger partial charge on any atom is -0.336 e. The van der Waals surface area contributed by atoms with Crippen molar-refractivity contribution in [1.29, 1.82) is 0 Å². The summed E-state index contributed by atoms with van der Waals surface area (Å²) in [6.45, 7) is 4.02. The number of aromatic amines is 1. The molecular formula is C20H20F2N4O. The molecule has 7 heteroatoms. The van der Waals surface area contributed by atoms with Gasteiger partial charge in [0, 0.05) is 17.2 Å². The smallest absolute Gasteiger partial charge is 0.239 e. The number of imidazole rings is 1.